The van der Waals surface area contributed by atoms with Crippen molar-refractivity contribution in [3.05, 3.63) is 29.8 Å². The fourth-order valence-corrected chi connectivity index (χ4v) is 2.47. The fraction of sp³-hybridized carbons (Fsp3) is 0.308. The molecular weight excluding hydrogens is 284 g/mol. The molecule has 3 rings (SSSR count). The molecule has 2 heterocycles. The number of nitrogens with one attached hydrogen (secondary N) is 1. The zero-order valence-electron chi connectivity index (χ0n) is 10.8. The van der Waals surface area contributed by atoms with Crippen LogP contribution >= 0.6 is 0 Å². The molecule has 1 aliphatic heterocycles. The lowest BCUT2D eigenvalue weighted by atomic mass is 10.1. The first kappa shape index (κ1) is 13.5. The molecule has 6 nitrogen and oxygen atoms in total. The molecule has 0 radical (unpaired) electrons. The molecular formula is C13H11F2N3O3. The topological polar surface area (TPSA) is 86.3 Å². The van der Waals surface area contributed by atoms with Crippen LogP contribution in [-0.4, -0.2) is 50.6 Å². The number of carbonyl (C=O) groups is 2. The van der Waals surface area contributed by atoms with Gasteiger partial charge in [0.15, 0.2) is 0 Å². The number of carbonyl (C=O) groups excluding carboxylic acids is 1. The van der Waals surface area contributed by atoms with Gasteiger partial charge in [-0.25, -0.2) is 18.6 Å². The van der Waals surface area contributed by atoms with Crippen LogP contribution in [0.5, 0.6) is 0 Å². The van der Waals surface area contributed by atoms with Gasteiger partial charge in [-0.15, -0.1) is 0 Å². The van der Waals surface area contributed by atoms with E-state index in [1.54, 1.807) is 0 Å². The molecule has 1 aliphatic rings. The normalized spacial score (nSPS) is 21.9. The lowest BCUT2D eigenvalue weighted by Gasteiger charge is -2.18. The third-order valence-corrected chi connectivity index (χ3v) is 3.61. The first-order valence-electron chi connectivity index (χ1n) is 6.25. The van der Waals surface area contributed by atoms with E-state index in [1.807, 2.05) is 0 Å². The molecule has 8 heteroatoms. The van der Waals surface area contributed by atoms with Crippen molar-refractivity contribution in [2.75, 3.05) is 13.1 Å². The number of halogens is 2. The largest absolute Gasteiger partial charge is 0.479 e. The molecule has 1 unspecified atom stereocenters. The van der Waals surface area contributed by atoms with E-state index in [2.05, 4.69) is 9.97 Å². The van der Waals surface area contributed by atoms with E-state index >= 15 is 0 Å². The van der Waals surface area contributed by atoms with Gasteiger partial charge in [0.1, 0.15) is 11.3 Å². The number of alkyl halides is 1. The molecule has 0 bridgehead atoms. The van der Waals surface area contributed by atoms with Gasteiger partial charge in [0.2, 0.25) is 5.67 Å². The molecule has 110 valence electrons. The highest BCUT2D eigenvalue weighted by Crippen LogP contribution is 2.28. The number of carboxylic acids is 1. The Morgan fingerprint density at radius 3 is 2.86 bits per heavy atom. The zero-order chi connectivity index (χ0) is 15.2. The maximum Gasteiger partial charge on any atom is 0.343 e. The lowest BCUT2D eigenvalue weighted by Crippen LogP contribution is -2.39. The Labute approximate surface area is 117 Å². The minimum absolute atomic E-state index is 0.0131. The molecule has 2 aromatic rings. The van der Waals surface area contributed by atoms with Crippen LogP contribution in [0, 0.1) is 5.82 Å². The van der Waals surface area contributed by atoms with E-state index in [9.17, 15) is 18.4 Å². The predicted octanol–water partition coefficient (Wildman–Crippen LogP) is 1.34. The number of hydrogen-bond donors (Lipinski definition) is 2. The summed E-state index contributed by atoms with van der Waals surface area (Å²) in [4.78, 5) is 30.9. The summed E-state index contributed by atoms with van der Waals surface area (Å²) in [6.07, 6.45) is 1.04. The minimum Gasteiger partial charge on any atom is -0.479 e. The van der Waals surface area contributed by atoms with E-state index in [0.717, 1.165) is 11.0 Å². The van der Waals surface area contributed by atoms with Gasteiger partial charge in [0.05, 0.1) is 24.0 Å². The highest BCUT2D eigenvalue weighted by atomic mass is 19.1. The number of H-pyrrole nitrogens is 1. The first-order chi connectivity index (χ1) is 9.90. The summed E-state index contributed by atoms with van der Waals surface area (Å²) >= 11 is 0. The smallest absolute Gasteiger partial charge is 0.343 e. The fourth-order valence-electron chi connectivity index (χ4n) is 2.47. The number of benzene rings is 1. The molecule has 0 aliphatic carbocycles. The number of carboxylic acid groups (broad SMARTS) is 1. The summed E-state index contributed by atoms with van der Waals surface area (Å²) < 4.78 is 27.5. The highest BCUT2D eigenvalue weighted by Gasteiger charge is 2.47. The molecule has 1 aromatic heterocycles. The molecule has 0 saturated carbocycles. The minimum atomic E-state index is -2.45. The van der Waals surface area contributed by atoms with Crippen LogP contribution in [0.2, 0.25) is 0 Å². The standard InChI is InChI=1S/C13H11F2N3O3/c14-7-3-8(10-9(4-7)16-6-17-10)11(19)18-2-1-13(15,5-18)12(20)21/h3-4,6H,1-2,5H2,(H,16,17)(H,20,21). The Bertz CT molecular complexity index is 745. The maximum absolute atomic E-state index is 14.0. The summed E-state index contributed by atoms with van der Waals surface area (Å²) in [5.41, 5.74) is -1.84. The van der Waals surface area contributed by atoms with Crippen LogP contribution in [0.3, 0.4) is 0 Å². The molecule has 1 fully saturated rings. The summed E-state index contributed by atoms with van der Waals surface area (Å²) in [6, 6.07) is 2.21. The molecule has 1 amide bonds. The SMILES string of the molecule is O=C(c1cc(F)cc2[nH]cnc12)N1CCC(F)(C(=O)O)C1. The summed E-state index contributed by atoms with van der Waals surface area (Å²) in [5, 5.41) is 8.84. The molecule has 1 aromatic carbocycles. The second kappa shape index (κ2) is 4.51. The molecule has 1 atom stereocenters. The van der Waals surface area contributed by atoms with E-state index in [1.165, 1.54) is 12.4 Å². The number of amides is 1. The summed E-state index contributed by atoms with van der Waals surface area (Å²) in [6.45, 7) is -0.590. The Kier molecular flexibility index (Phi) is 2.89. The Hall–Kier alpha value is -2.51. The monoisotopic (exact) mass is 295 g/mol. The Balaban J connectivity index is 1.95. The average molecular weight is 295 g/mol. The number of nitrogens with zero attached hydrogens (tertiary/aromatic N) is 2. The van der Waals surface area contributed by atoms with Crippen molar-refractivity contribution >= 4 is 22.9 Å². The first-order valence-corrected chi connectivity index (χ1v) is 6.25. The number of aromatic nitrogens is 2. The van der Waals surface area contributed by atoms with Crippen LogP contribution < -0.4 is 0 Å². The number of fused-ring (bicyclic) bond motifs is 1. The number of aliphatic carboxylic acids is 1. The van der Waals surface area contributed by atoms with Crippen molar-refractivity contribution in [3.63, 3.8) is 0 Å². The molecule has 2 N–H and O–H groups in total. The zero-order valence-corrected chi connectivity index (χ0v) is 10.8. The van der Waals surface area contributed by atoms with E-state index in [4.69, 9.17) is 5.11 Å². The quantitative estimate of drug-likeness (QED) is 0.875. The van der Waals surface area contributed by atoms with Crippen molar-refractivity contribution in [2.45, 2.75) is 12.1 Å². The number of rotatable bonds is 2. The van der Waals surface area contributed by atoms with Crippen molar-refractivity contribution in [3.8, 4) is 0 Å². The van der Waals surface area contributed by atoms with Gasteiger partial charge in [0.25, 0.3) is 5.91 Å². The van der Waals surface area contributed by atoms with Gasteiger partial charge >= 0.3 is 5.97 Å². The van der Waals surface area contributed by atoms with Crippen LogP contribution in [-0.2, 0) is 4.79 Å². The Morgan fingerprint density at radius 2 is 2.19 bits per heavy atom. The Morgan fingerprint density at radius 1 is 1.43 bits per heavy atom. The van der Waals surface area contributed by atoms with Gasteiger partial charge in [0, 0.05) is 13.0 Å². The number of imidazole rings is 1. The van der Waals surface area contributed by atoms with Crippen LogP contribution in [0.4, 0.5) is 8.78 Å². The third kappa shape index (κ3) is 2.12. The van der Waals surface area contributed by atoms with E-state index in [-0.39, 0.29) is 24.0 Å². The van der Waals surface area contributed by atoms with Crippen LogP contribution in [0.15, 0.2) is 18.5 Å². The second-order valence-electron chi connectivity index (χ2n) is 5.00. The summed E-state index contributed by atoms with van der Waals surface area (Å²) in [7, 11) is 0. The van der Waals surface area contributed by atoms with Gasteiger partial charge in [-0.05, 0) is 12.1 Å². The highest BCUT2D eigenvalue weighted by molar-refractivity contribution is 6.05. The van der Waals surface area contributed by atoms with Crippen molar-refractivity contribution in [1.29, 1.82) is 0 Å². The van der Waals surface area contributed by atoms with Gasteiger partial charge in [-0.2, -0.15) is 0 Å². The molecule has 21 heavy (non-hydrogen) atoms. The second-order valence-corrected chi connectivity index (χ2v) is 5.00. The van der Waals surface area contributed by atoms with E-state index in [0.29, 0.717) is 5.52 Å². The van der Waals surface area contributed by atoms with Gasteiger partial charge in [-0.3, -0.25) is 4.79 Å². The molecule has 1 saturated heterocycles. The number of likely N-dealkylation sites (tertiary alicyclic amines) is 1. The lowest BCUT2D eigenvalue weighted by molar-refractivity contribution is -0.149. The van der Waals surface area contributed by atoms with Crippen molar-refractivity contribution < 1.29 is 23.5 Å². The average Bonchev–Trinajstić information content (AvgIpc) is 3.04. The van der Waals surface area contributed by atoms with Gasteiger partial charge in [-0.1, -0.05) is 0 Å². The number of hydrogen-bond acceptors (Lipinski definition) is 3. The van der Waals surface area contributed by atoms with Gasteiger partial charge < -0.3 is 15.0 Å². The van der Waals surface area contributed by atoms with Crippen molar-refractivity contribution in [1.82, 2.24) is 14.9 Å². The predicted molar refractivity (Wildman–Crippen MR) is 68.0 cm³/mol. The van der Waals surface area contributed by atoms with Crippen LogP contribution in [0.1, 0.15) is 16.8 Å². The van der Waals surface area contributed by atoms with E-state index < -0.39 is 29.9 Å². The third-order valence-electron chi connectivity index (χ3n) is 3.61. The summed E-state index contributed by atoms with van der Waals surface area (Å²) in [5.74, 6) is -2.85. The molecule has 0 spiro atoms. The van der Waals surface area contributed by atoms with Crippen molar-refractivity contribution in [2.24, 2.45) is 0 Å². The number of aromatic amines is 1. The maximum atomic E-state index is 14.0. The van der Waals surface area contributed by atoms with Crippen LogP contribution in [0.25, 0.3) is 11.0 Å².